The number of anilines is 2. The topological polar surface area (TPSA) is 81.2 Å². The van der Waals surface area contributed by atoms with E-state index in [4.69, 9.17) is 14.2 Å². The van der Waals surface area contributed by atoms with Gasteiger partial charge < -0.3 is 19.1 Å². The summed E-state index contributed by atoms with van der Waals surface area (Å²) in [6.07, 6.45) is -0.108. The molecular formula is C27H29N3O5S. The molecule has 0 fully saturated rings. The van der Waals surface area contributed by atoms with Crippen LogP contribution in [0.1, 0.15) is 53.0 Å². The summed E-state index contributed by atoms with van der Waals surface area (Å²) in [6, 6.07) is 11.2. The van der Waals surface area contributed by atoms with Gasteiger partial charge in [-0.25, -0.2) is 9.78 Å². The van der Waals surface area contributed by atoms with Crippen LogP contribution in [0.3, 0.4) is 0 Å². The first-order valence-corrected chi connectivity index (χ1v) is 13.0. The predicted molar refractivity (Wildman–Crippen MR) is 139 cm³/mol. The first-order valence-electron chi connectivity index (χ1n) is 12.1. The molecule has 9 heteroatoms. The third-order valence-corrected chi connectivity index (χ3v) is 7.54. The fraction of sp³-hybridized carbons (Fsp3) is 0.370. The second-order valence-corrected chi connectivity index (χ2v) is 9.80. The van der Waals surface area contributed by atoms with Gasteiger partial charge in [-0.1, -0.05) is 19.1 Å². The van der Waals surface area contributed by atoms with Gasteiger partial charge in [0.1, 0.15) is 17.3 Å². The van der Waals surface area contributed by atoms with E-state index in [0.717, 1.165) is 11.1 Å². The van der Waals surface area contributed by atoms with Crippen molar-refractivity contribution in [2.75, 3.05) is 29.6 Å². The summed E-state index contributed by atoms with van der Waals surface area (Å²) in [5, 5.41) is 2.45. The molecule has 36 heavy (non-hydrogen) atoms. The molecule has 2 aliphatic rings. The lowest BCUT2D eigenvalue weighted by molar-refractivity contribution is 0.0903. The van der Waals surface area contributed by atoms with E-state index in [0.29, 0.717) is 53.1 Å². The lowest BCUT2D eigenvalue weighted by atomic mass is 10.00. The second-order valence-electron chi connectivity index (χ2n) is 8.91. The van der Waals surface area contributed by atoms with Crippen molar-refractivity contribution in [3.05, 3.63) is 63.6 Å². The van der Waals surface area contributed by atoms with Gasteiger partial charge in [0, 0.05) is 11.9 Å². The van der Waals surface area contributed by atoms with E-state index in [1.54, 1.807) is 22.1 Å². The van der Waals surface area contributed by atoms with Gasteiger partial charge in [-0.2, -0.15) is 0 Å². The molecule has 188 valence electrons. The minimum Gasteiger partial charge on any atom is -0.485 e. The van der Waals surface area contributed by atoms with Crippen LogP contribution < -0.4 is 19.3 Å². The minimum atomic E-state index is -0.397. The Morgan fingerprint density at radius 1 is 1.11 bits per heavy atom. The molecule has 5 rings (SSSR count). The van der Waals surface area contributed by atoms with Gasteiger partial charge in [-0.3, -0.25) is 9.69 Å². The van der Waals surface area contributed by atoms with Gasteiger partial charge in [0.05, 0.1) is 24.0 Å². The Hall–Kier alpha value is -3.59. The normalized spacial score (nSPS) is 18.6. The van der Waals surface area contributed by atoms with Crippen molar-refractivity contribution in [2.45, 2.75) is 46.3 Å². The molecule has 0 saturated carbocycles. The fourth-order valence-electron chi connectivity index (χ4n) is 4.54. The third kappa shape index (κ3) is 4.28. The number of carbonyl (C=O) groups excluding carboxylic acids is 2. The molecule has 0 radical (unpaired) electrons. The van der Waals surface area contributed by atoms with Crippen molar-refractivity contribution in [2.24, 2.45) is 0 Å². The molecule has 0 bridgehead atoms. The van der Waals surface area contributed by atoms with Crippen LogP contribution in [-0.4, -0.2) is 42.8 Å². The van der Waals surface area contributed by atoms with Crippen LogP contribution in [0.5, 0.6) is 11.5 Å². The molecule has 2 atom stereocenters. The number of hydrogen-bond acceptors (Lipinski definition) is 7. The summed E-state index contributed by atoms with van der Waals surface area (Å²) < 4.78 is 17.3. The molecule has 0 saturated heterocycles. The molecule has 2 unspecified atom stereocenters. The summed E-state index contributed by atoms with van der Waals surface area (Å²) in [5.74, 6) is 1.16. The zero-order chi connectivity index (χ0) is 25.4. The molecule has 3 heterocycles. The van der Waals surface area contributed by atoms with Crippen LogP contribution in [0.25, 0.3) is 0 Å². The quantitative estimate of drug-likeness (QED) is 0.452. The van der Waals surface area contributed by atoms with Gasteiger partial charge in [-0.15, -0.1) is 11.3 Å². The van der Waals surface area contributed by atoms with Crippen LogP contribution >= 0.6 is 11.3 Å². The number of benzene rings is 2. The maximum Gasteiger partial charge on any atom is 0.414 e. The number of para-hydroxylation sites is 2. The van der Waals surface area contributed by atoms with E-state index in [1.165, 1.54) is 11.3 Å². The Morgan fingerprint density at radius 3 is 2.56 bits per heavy atom. The monoisotopic (exact) mass is 507 g/mol. The molecule has 8 nitrogen and oxygen atoms in total. The Morgan fingerprint density at radius 2 is 1.83 bits per heavy atom. The SMILES string of the molecule is CCOC(=O)N1c2cc(C)c(C)cc2N(C(=O)c2csc(C3COc4ccccc4O3)n2)CC1CC. The highest BCUT2D eigenvalue weighted by Gasteiger charge is 2.38. The van der Waals surface area contributed by atoms with Crippen LogP contribution in [0, 0.1) is 13.8 Å². The number of carbonyl (C=O) groups is 2. The Kier molecular flexibility index (Phi) is 6.57. The molecule has 2 aliphatic heterocycles. The second kappa shape index (κ2) is 9.81. The van der Waals surface area contributed by atoms with E-state index in [1.807, 2.05) is 57.2 Å². The van der Waals surface area contributed by atoms with Crippen LogP contribution in [0.15, 0.2) is 41.8 Å². The highest BCUT2D eigenvalue weighted by molar-refractivity contribution is 7.09. The number of fused-ring (bicyclic) bond motifs is 2. The number of aromatic nitrogens is 1. The summed E-state index contributed by atoms with van der Waals surface area (Å²) >= 11 is 1.38. The number of aryl methyl sites for hydroxylation is 2. The molecule has 2 aromatic carbocycles. The van der Waals surface area contributed by atoms with Crippen molar-refractivity contribution in [1.29, 1.82) is 0 Å². The van der Waals surface area contributed by atoms with E-state index in [2.05, 4.69) is 4.98 Å². The van der Waals surface area contributed by atoms with Crippen molar-refractivity contribution >= 4 is 34.7 Å². The molecule has 0 spiro atoms. The zero-order valence-electron chi connectivity index (χ0n) is 20.8. The average Bonchev–Trinajstić information content (AvgIpc) is 3.38. The maximum absolute atomic E-state index is 13.8. The fourth-order valence-corrected chi connectivity index (χ4v) is 5.34. The van der Waals surface area contributed by atoms with Crippen molar-refractivity contribution < 1.29 is 23.8 Å². The van der Waals surface area contributed by atoms with Crippen molar-refractivity contribution in [1.82, 2.24) is 4.98 Å². The lowest BCUT2D eigenvalue weighted by Crippen LogP contribution is -2.53. The summed E-state index contributed by atoms with van der Waals surface area (Å²) in [5.41, 5.74) is 3.79. The van der Waals surface area contributed by atoms with E-state index >= 15 is 0 Å². The van der Waals surface area contributed by atoms with Crippen LogP contribution in [0.2, 0.25) is 0 Å². The standard InChI is InChI=1S/C27H29N3O5S/c1-5-18-13-29(20-11-16(3)17(4)12-21(20)30(18)27(32)33-6-2)26(31)19-15-36-25(28-19)24-14-34-22-9-7-8-10-23(22)35-24/h7-12,15,18,24H,5-6,13-14H2,1-4H3. The molecule has 2 amide bonds. The smallest absolute Gasteiger partial charge is 0.414 e. The Labute approximate surface area is 214 Å². The Balaban J connectivity index is 1.46. The number of nitrogens with zero attached hydrogens (tertiary/aromatic N) is 3. The molecule has 3 aromatic rings. The van der Waals surface area contributed by atoms with Crippen molar-refractivity contribution in [3.63, 3.8) is 0 Å². The zero-order valence-corrected chi connectivity index (χ0v) is 21.6. The minimum absolute atomic E-state index is 0.207. The molecule has 1 aromatic heterocycles. The van der Waals surface area contributed by atoms with Crippen LogP contribution in [0.4, 0.5) is 16.2 Å². The Bertz CT molecular complexity index is 1310. The van der Waals surface area contributed by atoms with E-state index < -0.39 is 6.09 Å². The third-order valence-electron chi connectivity index (χ3n) is 6.61. The number of hydrogen-bond donors (Lipinski definition) is 0. The molecular weight excluding hydrogens is 478 g/mol. The summed E-state index contributed by atoms with van der Waals surface area (Å²) in [4.78, 5) is 34.8. The first kappa shape index (κ1) is 24.1. The van der Waals surface area contributed by atoms with Crippen molar-refractivity contribution in [3.8, 4) is 11.5 Å². The highest BCUT2D eigenvalue weighted by Crippen LogP contribution is 2.40. The lowest BCUT2D eigenvalue weighted by Gasteiger charge is -2.41. The van der Waals surface area contributed by atoms with E-state index in [-0.39, 0.29) is 24.7 Å². The number of ether oxygens (including phenoxy) is 3. The van der Waals surface area contributed by atoms with Gasteiger partial charge in [-0.05, 0) is 62.6 Å². The largest absolute Gasteiger partial charge is 0.485 e. The number of amides is 2. The maximum atomic E-state index is 13.8. The van der Waals surface area contributed by atoms with Gasteiger partial charge in [0.2, 0.25) is 0 Å². The van der Waals surface area contributed by atoms with Gasteiger partial charge >= 0.3 is 6.09 Å². The highest BCUT2D eigenvalue weighted by atomic mass is 32.1. The summed E-state index contributed by atoms with van der Waals surface area (Å²) in [7, 11) is 0. The first-order chi connectivity index (χ1) is 17.4. The van der Waals surface area contributed by atoms with Crippen LogP contribution in [-0.2, 0) is 4.74 Å². The number of rotatable bonds is 4. The molecule has 0 aliphatic carbocycles. The molecule has 0 N–H and O–H groups in total. The number of thiazole rings is 1. The van der Waals surface area contributed by atoms with E-state index in [9.17, 15) is 9.59 Å². The predicted octanol–water partition coefficient (Wildman–Crippen LogP) is 5.67. The average molecular weight is 508 g/mol. The summed E-state index contributed by atoms with van der Waals surface area (Å²) in [6.45, 7) is 8.76. The van der Waals surface area contributed by atoms with Gasteiger partial charge in [0.25, 0.3) is 5.91 Å². The van der Waals surface area contributed by atoms with Gasteiger partial charge in [0.15, 0.2) is 17.6 Å².